The molecule has 2 atom stereocenters. The Balaban J connectivity index is 2.05. The van der Waals surface area contributed by atoms with Crippen molar-refractivity contribution >= 4 is 17.7 Å². The normalized spacial score (nSPS) is 24.3. The van der Waals surface area contributed by atoms with Crippen molar-refractivity contribution < 1.29 is 9.18 Å². The number of rotatable bonds is 4. The molecule has 0 aliphatic carbocycles. The van der Waals surface area contributed by atoms with Crippen LogP contribution in [0.1, 0.15) is 31.7 Å². The first-order valence-corrected chi connectivity index (χ1v) is 8.02. The standard InChI is InChI=1S/C17H24FN3O/c1-11(2)20-5-4-16-14(10-20)13-8-12(18)9-15(19-3)17(13)21(16)6-7-22/h7-9,11,14,16,19H,4-6,10H2,1-3H3. The molecule has 0 spiro atoms. The molecular formula is C17H24FN3O. The monoisotopic (exact) mass is 305 g/mol. The van der Waals surface area contributed by atoms with Gasteiger partial charge in [0.1, 0.15) is 12.1 Å². The maximum atomic E-state index is 14.0. The Hall–Kier alpha value is -1.62. The minimum absolute atomic E-state index is 0.212. The van der Waals surface area contributed by atoms with Crippen molar-refractivity contribution in [1.29, 1.82) is 0 Å². The maximum absolute atomic E-state index is 14.0. The van der Waals surface area contributed by atoms with Crippen molar-refractivity contribution in [2.75, 3.05) is 36.9 Å². The third-order valence-electron chi connectivity index (χ3n) is 5.07. The smallest absolute Gasteiger partial charge is 0.139 e. The van der Waals surface area contributed by atoms with Crippen LogP contribution in [0, 0.1) is 5.82 Å². The van der Waals surface area contributed by atoms with E-state index in [1.807, 2.05) is 0 Å². The first-order chi connectivity index (χ1) is 10.6. The lowest BCUT2D eigenvalue weighted by molar-refractivity contribution is -0.106. The Morgan fingerprint density at radius 2 is 2.23 bits per heavy atom. The van der Waals surface area contributed by atoms with Gasteiger partial charge in [-0.25, -0.2) is 4.39 Å². The summed E-state index contributed by atoms with van der Waals surface area (Å²) in [6.45, 7) is 6.72. The number of piperidine rings is 1. The Kier molecular flexibility index (Phi) is 4.08. The fourth-order valence-corrected chi connectivity index (χ4v) is 4.00. The SMILES string of the molecule is CNc1cc(F)cc2c1N(CC=O)C1CCN(C(C)C)CC21. The predicted octanol–water partition coefficient (Wildman–Crippen LogP) is 2.45. The second-order valence-corrected chi connectivity index (χ2v) is 6.51. The maximum Gasteiger partial charge on any atom is 0.139 e. The van der Waals surface area contributed by atoms with Crippen LogP contribution in [-0.4, -0.2) is 50.0 Å². The molecule has 5 heteroatoms. The molecule has 0 bridgehead atoms. The van der Waals surface area contributed by atoms with Crippen LogP contribution in [0.5, 0.6) is 0 Å². The molecule has 1 aromatic rings. The fraction of sp³-hybridized carbons (Fsp3) is 0.588. The highest BCUT2D eigenvalue weighted by atomic mass is 19.1. The Morgan fingerprint density at radius 3 is 2.86 bits per heavy atom. The number of hydrogen-bond acceptors (Lipinski definition) is 4. The lowest BCUT2D eigenvalue weighted by Gasteiger charge is -2.40. The van der Waals surface area contributed by atoms with Gasteiger partial charge in [-0.3, -0.25) is 0 Å². The summed E-state index contributed by atoms with van der Waals surface area (Å²) in [4.78, 5) is 15.7. The van der Waals surface area contributed by atoms with Crippen molar-refractivity contribution in [3.05, 3.63) is 23.5 Å². The molecular weight excluding hydrogens is 281 g/mol. The molecule has 1 saturated heterocycles. The van der Waals surface area contributed by atoms with Crippen LogP contribution in [-0.2, 0) is 4.79 Å². The highest BCUT2D eigenvalue weighted by Gasteiger charge is 2.43. The highest BCUT2D eigenvalue weighted by molar-refractivity contribution is 5.80. The van der Waals surface area contributed by atoms with Gasteiger partial charge < -0.3 is 19.9 Å². The third-order valence-corrected chi connectivity index (χ3v) is 5.07. The Bertz CT molecular complexity index is 575. The molecule has 2 aliphatic rings. The molecule has 3 rings (SSSR count). The largest absolute Gasteiger partial charge is 0.386 e. The molecule has 0 amide bonds. The van der Waals surface area contributed by atoms with Gasteiger partial charge in [0.2, 0.25) is 0 Å². The molecule has 1 aromatic carbocycles. The van der Waals surface area contributed by atoms with E-state index in [1.54, 1.807) is 13.1 Å². The fourth-order valence-electron chi connectivity index (χ4n) is 4.00. The highest BCUT2D eigenvalue weighted by Crippen LogP contribution is 2.48. The number of carbonyl (C=O) groups is 1. The zero-order valence-electron chi connectivity index (χ0n) is 13.5. The summed E-state index contributed by atoms with van der Waals surface area (Å²) in [5.41, 5.74) is 2.83. The second kappa shape index (κ2) is 5.88. The molecule has 2 unspecified atom stereocenters. The first kappa shape index (κ1) is 15.3. The molecule has 0 saturated carbocycles. The molecule has 120 valence electrons. The van der Waals surface area contributed by atoms with Gasteiger partial charge in [0.05, 0.1) is 17.9 Å². The van der Waals surface area contributed by atoms with Crippen LogP contribution in [0.3, 0.4) is 0 Å². The van der Waals surface area contributed by atoms with Crippen LogP contribution >= 0.6 is 0 Å². The topological polar surface area (TPSA) is 35.6 Å². The van der Waals surface area contributed by atoms with Gasteiger partial charge in [0.25, 0.3) is 0 Å². The summed E-state index contributed by atoms with van der Waals surface area (Å²) in [5.74, 6) is 0.0605. The summed E-state index contributed by atoms with van der Waals surface area (Å²) < 4.78 is 14.0. The van der Waals surface area contributed by atoms with E-state index in [4.69, 9.17) is 0 Å². The number of hydrogen-bond donors (Lipinski definition) is 1. The third kappa shape index (κ3) is 2.37. The average molecular weight is 305 g/mol. The zero-order chi connectivity index (χ0) is 15.9. The zero-order valence-corrected chi connectivity index (χ0v) is 13.5. The van der Waals surface area contributed by atoms with E-state index in [0.29, 0.717) is 18.6 Å². The van der Waals surface area contributed by atoms with Gasteiger partial charge in [0.15, 0.2) is 0 Å². The summed E-state index contributed by atoms with van der Waals surface area (Å²) in [7, 11) is 1.80. The molecule has 0 aromatic heterocycles. The number of benzene rings is 1. The number of nitrogens with one attached hydrogen (secondary N) is 1. The van der Waals surface area contributed by atoms with Gasteiger partial charge in [-0.05, 0) is 38.0 Å². The Morgan fingerprint density at radius 1 is 1.45 bits per heavy atom. The van der Waals surface area contributed by atoms with E-state index in [9.17, 15) is 9.18 Å². The quantitative estimate of drug-likeness (QED) is 0.867. The average Bonchev–Trinajstić information content (AvgIpc) is 2.80. The van der Waals surface area contributed by atoms with Crippen molar-refractivity contribution in [1.82, 2.24) is 4.90 Å². The van der Waals surface area contributed by atoms with E-state index in [1.165, 1.54) is 6.07 Å². The number of halogens is 1. The van der Waals surface area contributed by atoms with Crippen LogP contribution in [0.25, 0.3) is 0 Å². The molecule has 22 heavy (non-hydrogen) atoms. The number of carbonyl (C=O) groups excluding carboxylic acids is 1. The lowest BCUT2D eigenvalue weighted by atomic mass is 9.88. The summed E-state index contributed by atoms with van der Waals surface area (Å²) in [5, 5.41) is 3.09. The molecule has 1 fully saturated rings. The number of aldehydes is 1. The van der Waals surface area contributed by atoms with E-state index in [2.05, 4.69) is 29.0 Å². The molecule has 2 aliphatic heterocycles. The number of likely N-dealkylation sites (tertiary alicyclic amines) is 1. The van der Waals surface area contributed by atoms with Crippen molar-refractivity contribution in [2.45, 2.75) is 38.3 Å². The van der Waals surface area contributed by atoms with E-state index in [-0.39, 0.29) is 11.7 Å². The predicted molar refractivity (Wildman–Crippen MR) is 87.2 cm³/mol. The number of nitrogens with zero attached hydrogens (tertiary/aromatic N) is 2. The van der Waals surface area contributed by atoms with Gasteiger partial charge in [-0.15, -0.1) is 0 Å². The van der Waals surface area contributed by atoms with Crippen LogP contribution < -0.4 is 10.2 Å². The molecule has 2 heterocycles. The van der Waals surface area contributed by atoms with Gasteiger partial charge in [-0.1, -0.05) is 0 Å². The van der Waals surface area contributed by atoms with Crippen LogP contribution in [0.15, 0.2) is 12.1 Å². The van der Waals surface area contributed by atoms with Crippen LogP contribution in [0.2, 0.25) is 0 Å². The van der Waals surface area contributed by atoms with Crippen molar-refractivity contribution in [2.24, 2.45) is 0 Å². The van der Waals surface area contributed by atoms with E-state index >= 15 is 0 Å². The minimum Gasteiger partial charge on any atom is -0.386 e. The van der Waals surface area contributed by atoms with E-state index in [0.717, 1.165) is 42.7 Å². The minimum atomic E-state index is -0.212. The van der Waals surface area contributed by atoms with E-state index < -0.39 is 0 Å². The van der Waals surface area contributed by atoms with Gasteiger partial charge in [0, 0.05) is 38.1 Å². The lowest BCUT2D eigenvalue weighted by Crippen LogP contribution is -2.48. The summed E-state index contributed by atoms with van der Waals surface area (Å²) in [6, 6.07) is 3.96. The second-order valence-electron chi connectivity index (χ2n) is 6.51. The molecule has 0 radical (unpaired) electrons. The number of anilines is 2. The molecule has 4 nitrogen and oxygen atoms in total. The van der Waals surface area contributed by atoms with Gasteiger partial charge in [-0.2, -0.15) is 0 Å². The van der Waals surface area contributed by atoms with Crippen LogP contribution in [0.4, 0.5) is 15.8 Å². The molecule has 1 N–H and O–H groups in total. The summed E-state index contributed by atoms with van der Waals surface area (Å²) >= 11 is 0. The Labute approximate surface area is 131 Å². The first-order valence-electron chi connectivity index (χ1n) is 8.02. The number of fused-ring (bicyclic) bond motifs is 3. The van der Waals surface area contributed by atoms with Gasteiger partial charge >= 0.3 is 0 Å². The van der Waals surface area contributed by atoms with Crippen molar-refractivity contribution in [3.63, 3.8) is 0 Å². The summed E-state index contributed by atoms with van der Waals surface area (Å²) in [6.07, 6.45) is 1.96. The van der Waals surface area contributed by atoms with Crippen molar-refractivity contribution in [3.8, 4) is 0 Å².